The second-order valence-electron chi connectivity index (χ2n) is 20.1. The van der Waals surface area contributed by atoms with Gasteiger partial charge < -0.3 is 13.8 Å². The Bertz CT molecular complexity index is 3610. The Morgan fingerprint density at radius 2 is 1.29 bits per heavy atom. The molecule has 3 nitrogen and oxygen atoms in total. The molecule has 3 aromatic heterocycles. The van der Waals surface area contributed by atoms with E-state index in [1.165, 1.54) is 127 Å². The van der Waals surface area contributed by atoms with Crippen LogP contribution < -0.4 is 15.8 Å². The molecule has 0 amide bonds. The van der Waals surface area contributed by atoms with E-state index in [0.717, 1.165) is 29.4 Å². The molecule has 0 unspecified atom stereocenters. The Morgan fingerprint density at radius 3 is 2.08 bits per heavy atom. The lowest BCUT2D eigenvalue weighted by atomic mass is 9.46. The van der Waals surface area contributed by atoms with Crippen molar-refractivity contribution in [3.8, 4) is 11.1 Å². The van der Waals surface area contributed by atoms with Crippen LogP contribution in [-0.2, 0) is 17.3 Å². The average molecular weight is 821 g/mol. The van der Waals surface area contributed by atoms with Crippen LogP contribution in [0.1, 0.15) is 85.0 Å². The van der Waals surface area contributed by atoms with Crippen LogP contribution in [0.25, 0.3) is 64.3 Å². The maximum Gasteiger partial charge on any atom is 0.336 e. The minimum Gasteiger partial charge on any atom is -0.456 e. The first-order valence-corrected chi connectivity index (χ1v) is 23.3. The van der Waals surface area contributed by atoms with Crippen LogP contribution in [0.4, 0.5) is 17.1 Å². The van der Waals surface area contributed by atoms with Gasteiger partial charge in [-0.15, -0.1) is 11.3 Å². The predicted octanol–water partition coefficient (Wildman–Crippen LogP) is 14.5. The zero-order valence-electron chi connectivity index (χ0n) is 36.9. The number of furan rings is 1. The van der Waals surface area contributed by atoms with E-state index < -0.39 is 0 Å². The molecule has 10 aromatic rings. The molecule has 0 atom stereocenters. The number of aryl methyl sites for hydroxylation is 4. The molecular formula is C57H49BN2OS. The van der Waals surface area contributed by atoms with E-state index in [1.807, 2.05) is 11.3 Å². The highest BCUT2D eigenvalue weighted by Gasteiger charge is 2.45. The molecule has 3 aliphatic rings. The summed E-state index contributed by atoms with van der Waals surface area (Å²) in [5.41, 5.74) is 24.7. The van der Waals surface area contributed by atoms with Crippen LogP contribution >= 0.6 is 11.3 Å². The zero-order chi connectivity index (χ0) is 42.1. The second kappa shape index (κ2) is 12.3. The standard InChI is InChI=1S/C57H49BN2OS/c1-31-24-33(3)49(34(4)25-31)36-28-37-27-35-14-13-17-41-52(35)60(53-40-16-10-12-19-48(40)62-55(41)53)58-50(37)46(29-36)59(44-21-20-39-38-15-9-11-18-47(38)61-54(39)51(44)58)45-30-43-42(26-32(45)2)56(5,6)22-23-57(43,7)8/h9-21,24-26,28-30H,22-23,27H2,1-8H3. The number of rotatable bonds is 2. The predicted molar refractivity (Wildman–Crippen MR) is 266 cm³/mol. The summed E-state index contributed by atoms with van der Waals surface area (Å²) in [5.74, 6) is 0. The molecule has 7 aromatic carbocycles. The van der Waals surface area contributed by atoms with Gasteiger partial charge >= 0.3 is 6.85 Å². The van der Waals surface area contributed by atoms with Gasteiger partial charge in [0.05, 0.1) is 10.2 Å². The van der Waals surface area contributed by atoms with Crippen molar-refractivity contribution in [3.63, 3.8) is 0 Å². The Balaban J connectivity index is 1.23. The molecule has 5 heterocycles. The number of hydrogen-bond acceptors (Lipinski definition) is 3. The highest BCUT2D eigenvalue weighted by molar-refractivity contribution is 7.27. The summed E-state index contributed by atoms with van der Waals surface area (Å²) in [4.78, 5) is 2.66. The normalized spacial score (nSPS) is 16.1. The SMILES string of the molecule is Cc1cc(C)c(-c2cc3c4c(c2)N(c2cc5c(cc2C)C(C)(C)CCC5(C)C)c2ccc5c(oc6ccccc65)c2B4n2c4c(cccc4c4sc5ccccc5c42)C3)c(C)c1. The third-order valence-corrected chi connectivity index (χ3v) is 16.5. The lowest BCUT2D eigenvalue weighted by Crippen LogP contribution is -2.55. The monoisotopic (exact) mass is 820 g/mol. The molecule has 1 aliphatic carbocycles. The Kier molecular flexibility index (Phi) is 7.28. The van der Waals surface area contributed by atoms with Gasteiger partial charge in [0.15, 0.2) is 0 Å². The van der Waals surface area contributed by atoms with Gasteiger partial charge in [-0.05, 0) is 150 Å². The second-order valence-corrected chi connectivity index (χ2v) is 21.2. The van der Waals surface area contributed by atoms with Crippen LogP contribution in [0.2, 0.25) is 0 Å². The number of para-hydroxylation sites is 2. The molecule has 0 bridgehead atoms. The fraction of sp³-hybridized carbons (Fsp3) is 0.228. The summed E-state index contributed by atoms with van der Waals surface area (Å²) < 4.78 is 12.7. The molecule has 0 saturated heterocycles. The van der Waals surface area contributed by atoms with Crippen LogP contribution in [-0.4, -0.2) is 11.3 Å². The van der Waals surface area contributed by atoms with Gasteiger partial charge in [-0.3, -0.25) is 0 Å². The topological polar surface area (TPSA) is 21.3 Å². The molecule has 0 fully saturated rings. The van der Waals surface area contributed by atoms with E-state index in [1.54, 1.807) is 0 Å². The zero-order valence-corrected chi connectivity index (χ0v) is 37.7. The molecule has 13 rings (SSSR count). The minimum absolute atomic E-state index is 0.0516. The third kappa shape index (κ3) is 4.78. The minimum atomic E-state index is -0.139. The lowest BCUT2D eigenvalue weighted by Gasteiger charge is -2.44. The van der Waals surface area contributed by atoms with Crippen molar-refractivity contribution in [2.45, 2.75) is 85.5 Å². The Hall–Kier alpha value is -6.04. The fourth-order valence-electron chi connectivity index (χ4n) is 12.4. The van der Waals surface area contributed by atoms with E-state index in [2.05, 4.69) is 180 Å². The first kappa shape index (κ1) is 36.6. The number of fused-ring (bicyclic) bond motifs is 13. The number of aromatic nitrogens is 1. The first-order chi connectivity index (χ1) is 29.9. The van der Waals surface area contributed by atoms with Crippen LogP contribution in [0.5, 0.6) is 0 Å². The van der Waals surface area contributed by atoms with Gasteiger partial charge in [-0.25, -0.2) is 0 Å². The third-order valence-electron chi connectivity index (χ3n) is 15.3. The largest absolute Gasteiger partial charge is 0.456 e. The number of benzene rings is 7. The highest BCUT2D eigenvalue weighted by Crippen LogP contribution is 2.52. The van der Waals surface area contributed by atoms with Gasteiger partial charge in [-0.1, -0.05) is 112 Å². The molecule has 0 spiro atoms. The van der Waals surface area contributed by atoms with Gasteiger partial charge in [-0.2, -0.15) is 0 Å². The summed E-state index contributed by atoms with van der Waals surface area (Å²) in [5, 5.41) is 4.99. The van der Waals surface area contributed by atoms with E-state index in [4.69, 9.17) is 4.42 Å². The van der Waals surface area contributed by atoms with Crippen LogP contribution in [0.3, 0.4) is 0 Å². The van der Waals surface area contributed by atoms with Crippen molar-refractivity contribution >= 4 is 99.3 Å². The molecular weight excluding hydrogens is 772 g/mol. The molecule has 5 heteroatoms. The van der Waals surface area contributed by atoms with Crippen molar-refractivity contribution in [2.24, 2.45) is 0 Å². The van der Waals surface area contributed by atoms with E-state index in [-0.39, 0.29) is 17.7 Å². The van der Waals surface area contributed by atoms with Gasteiger partial charge in [0.2, 0.25) is 0 Å². The number of anilines is 3. The van der Waals surface area contributed by atoms with Crippen LogP contribution in [0.15, 0.2) is 120 Å². The molecule has 62 heavy (non-hydrogen) atoms. The molecule has 0 radical (unpaired) electrons. The van der Waals surface area contributed by atoms with Gasteiger partial charge in [0.25, 0.3) is 0 Å². The number of thiophene rings is 1. The number of hydrogen-bond donors (Lipinski definition) is 0. The average Bonchev–Trinajstić information content (AvgIpc) is 3.88. The van der Waals surface area contributed by atoms with Crippen molar-refractivity contribution in [3.05, 3.63) is 160 Å². The first-order valence-electron chi connectivity index (χ1n) is 22.5. The van der Waals surface area contributed by atoms with Crippen molar-refractivity contribution in [1.82, 2.24) is 4.48 Å². The van der Waals surface area contributed by atoms with E-state index in [9.17, 15) is 0 Å². The maximum absolute atomic E-state index is 7.21. The molecule has 302 valence electrons. The van der Waals surface area contributed by atoms with E-state index in [0.29, 0.717) is 0 Å². The summed E-state index contributed by atoms with van der Waals surface area (Å²) in [7, 11) is 0. The van der Waals surface area contributed by atoms with Crippen molar-refractivity contribution in [1.29, 1.82) is 0 Å². The smallest absolute Gasteiger partial charge is 0.336 e. The Labute approximate surface area is 367 Å². The number of nitrogens with zero attached hydrogens (tertiary/aromatic N) is 2. The lowest BCUT2D eigenvalue weighted by molar-refractivity contribution is 0.332. The summed E-state index contributed by atoms with van der Waals surface area (Å²) in [6.07, 6.45) is 3.19. The van der Waals surface area contributed by atoms with Gasteiger partial charge in [0.1, 0.15) is 11.2 Å². The fourth-order valence-corrected chi connectivity index (χ4v) is 13.6. The molecule has 0 saturated carbocycles. The highest BCUT2D eigenvalue weighted by atomic mass is 32.1. The van der Waals surface area contributed by atoms with Gasteiger partial charge in [0, 0.05) is 54.3 Å². The summed E-state index contributed by atoms with van der Waals surface area (Å²) in [6.45, 7) is 18.8. The summed E-state index contributed by atoms with van der Waals surface area (Å²) >= 11 is 1.94. The van der Waals surface area contributed by atoms with E-state index >= 15 is 0 Å². The van der Waals surface area contributed by atoms with Crippen molar-refractivity contribution < 1.29 is 4.42 Å². The maximum atomic E-state index is 7.21. The quantitative estimate of drug-likeness (QED) is 0.162. The molecule has 0 N–H and O–H groups in total. The van der Waals surface area contributed by atoms with Crippen LogP contribution in [0, 0.1) is 27.7 Å². The summed E-state index contributed by atoms with van der Waals surface area (Å²) in [6, 6.07) is 44.4. The molecule has 2 aliphatic heterocycles. The van der Waals surface area contributed by atoms with Crippen molar-refractivity contribution in [2.75, 3.05) is 4.90 Å². The Morgan fingerprint density at radius 1 is 0.581 bits per heavy atom.